The fourth-order valence-corrected chi connectivity index (χ4v) is 5.94. The Morgan fingerprint density at radius 3 is 2.39 bits per heavy atom. The molecule has 0 aromatic carbocycles. The zero-order valence-corrected chi connectivity index (χ0v) is 19.0. The number of aryl methyl sites for hydroxylation is 1. The van der Waals surface area contributed by atoms with E-state index in [-0.39, 0.29) is 16.7 Å². The van der Waals surface area contributed by atoms with E-state index in [1.54, 1.807) is 6.92 Å². The molecule has 20 heteroatoms. The highest BCUT2D eigenvalue weighted by Gasteiger charge is 2.47. The van der Waals surface area contributed by atoms with Crippen molar-refractivity contribution in [2.24, 2.45) is 0 Å². The van der Waals surface area contributed by atoms with Gasteiger partial charge in [-0.3, -0.25) is 9.32 Å². The molecule has 184 valence electrons. The molecule has 1 aliphatic rings. The number of aliphatic hydroxyl groups excluding tert-OH is 2. The Morgan fingerprint density at radius 2 is 1.76 bits per heavy atom. The highest BCUT2D eigenvalue weighted by Crippen LogP contribution is 2.66. The van der Waals surface area contributed by atoms with E-state index >= 15 is 0 Å². The second-order valence-corrected chi connectivity index (χ2v) is 11.2. The van der Waals surface area contributed by atoms with Gasteiger partial charge in [0.15, 0.2) is 5.65 Å². The van der Waals surface area contributed by atoms with E-state index in [4.69, 9.17) is 19.4 Å². The van der Waals surface area contributed by atoms with Crippen molar-refractivity contribution in [2.45, 2.75) is 31.3 Å². The van der Waals surface area contributed by atoms with E-state index in [1.807, 2.05) is 0 Å². The van der Waals surface area contributed by atoms with Crippen LogP contribution in [0.1, 0.15) is 17.4 Å². The molecule has 1 saturated heterocycles. The fourth-order valence-electron chi connectivity index (χ4n) is 2.91. The Balaban J connectivity index is 1.73. The zero-order chi connectivity index (χ0) is 24.8. The first-order chi connectivity index (χ1) is 15.1. The average Bonchev–Trinajstić information content (AvgIpc) is 2.91. The summed E-state index contributed by atoms with van der Waals surface area (Å²) in [7, 11) is -16.8. The van der Waals surface area contributed by atoms with E-state index < -0.39 is 60.1 Å². The van der Waals surface area contributed by atoms with E-state index in [1.165, 1.54) is 12.3 Å². The molecule has 3 rings (SSSR count). The van der Waals surface area contributed by atoms with Gasteiger partial charge in [-0.2, -0.15) is 8.62 Å². The maximum absolute atomic E-state index is 12.4. The third kappa shape index (κ3) is 6.59. The lowest BCUT2D eigenvalue weighted by molar-refractivity contribution is -0.0226. The van der Waals surface area contributed by atoms with E-state index in [0.29, 0.717) is 5.69 Å². The molecular weight excluding hydrogens is 515 g/mol. The van der Waals surface area contributed by atoms with Gasteiger partial charge in [0.25, 0.3) is 5.56 Å². The fraction of sp³-hybridized carbons (Fsp3) is 0.462. The molecule has 0 amide bonds. The van der Waals surface area contributed by atoms with Crippen molar-refractivity contribution >= 4 is 34.6 Å². The van der Waals surface area contributed by atoms with Crippen LogP contribution in [-0.4, -0.2) is 69.7 Å². The molecule has 1 fully saturated rings. The number of ether oxygens (including phenoxy) is 1. The Kier molecular flexibility index (Phi) is 7.40. The van der Waals surface area contributed by atoms with Gasteiger partial charge in [0.05, 0.1) is 24.1 Å². The summed E-state index contributed by atoms with van der Waals surface area (Å²) in [6, 6.07) is 1.28. The van der Waals surface area contributed by atoms with Gasteiger partial charge in [0, 0.05) is 0 Å². The number of hydrogen-bond acceptors (Lipinski definition) is 12. The maximum atomic E-state index is 12.4. The molecule has 3 unspecified atom stereocenters. The van der Waals surface area contributed by atoms with Crippen LogP contribution in [-0.2, 0) is 31.6 Å². The molecule has 7 N–H and O–H groups in total. The molecule has 0 saturated carbocycles. The van der Waals surface area contributed by atoms with Crippen molar-refractivity contribution in [3.63, 3.8) is 0 Å². The summed E-state index contributed by atoms with van der Waals surface area (Å²) < 4.78 is 50.7. The lowest BCUT2D eigenvalue weighted by atomic mass is 10.0. The van der Waals surface area contributed by atoms with Gasteiger partial charge in [-0.25, -0.2) is 23.7 Å². The van der Waals surface area contributed by atoms with Crippen LogP contribution < -0.4 is 5.56 Å². The normalized spacial score (nSPS) is 27.4. The summed E-state index contributed by atoms with van der Waals surface area (Å²) >= 11 is 0. The van der Waals surface area contributed by atoms with Crippen molar-refractivity contribution in [3.8, 4) is 0 Å². The first-order valence-electron chi connectivity index (χ1n) is 8.73. The molecule has 6 atom stereocenters. The summed E-state index contributed by atoms with van der Waals surface area (Å²) in [5, 5.41) is 20.5. The number of H-pyrrole nitrogens is 1. The lowest BCUT2D eigenvalue weighted by Crippen LogP contribution is -2.33. The van der Waals surface area contributed by atoms with Crippen LogP contribution in [0.3, 0.4) is 0 Å². The number of aromatic amines is 1. The van der Waals surface area contributed by atoms with Crippen LogP contribution >= 0.6 is 23.5 Å². The van der Waals surface area contributed by atoms with E-state index in [0.717, 1.165) is 0 Å². The van der Waals surface area contributed by atoms with Gasteiger partial charge in [-0.1, -0.05) is 0 Å². The molecule has 33 heavy (non-hydrogen) atoms. The molecular formula is C13H18N3O14P3. The summed E-state index contributed by atoms with van der Waals surface area (Å²) in [6.45, 7) is 0.642. The average molecular weight is 533 g/mol. The minimum absolute atomic E-state index is 0.144. The predicted octanol–water partition coefficient (Wildman–Crippen LogP) is -0.868. The predicted molar refractivity (Wildman–Crippen MR) is 104 cm³/mol. The summed E-state index contributed by atoms with van der Waals surface area (Å²) in [5.74, 6) is 0. The van der Waals surface area contributed by atoms with Gasteiger partial charge < -0.3 is 39.5 Å². The van der Waals surface area contributed by atoms with Gasteiger partial charge >= 0.3 is 23.5 Å². The first kappa shape index (κ1) is 26.2. The van der Waals surface area contributed by atoms with Crippen molar-refractivity contribution in [1.82, 2.24) is 15.0 Å². The second kappa shape index (κ2) is 9.32. The third-order valence-corrected chi connectivity index (χ3v) is 8.00. The molecule has 17 nitrogen and oxygen atoms in total. The van der Waals surface area contributed by atoms with Crippen molar-refractivity contribution in [1.29, 1.82) is 0 Å². The van der Waals surface area contributed by atoms with Crippen LogP contribution in [0.15, 0.2) is 17.1 Å². The highest BCUT2D eigenvalue weighted by molar-refractivity contribution is 7.66. The minimum Gasteiger partial charge on any atom is -0.387 e. The number of rotatable bonds is 8. The molecule has 0 bridgehead atoms. The highest BCUT2D eigenvalue weighted by atomic mass is 31.3. The molecule has 2 aromatic rings. The number of pyridine rings is 1. The monoisotopic (exact) mass is 533 g/mol. The smallest absolute Gasteiger partial charge is 0.387 e. The molecule has 1 aliphatic heterocycles. The first-order valence-corrected chi connectivity index (χ1v) is 13.3. The SMILES string of the molecule is Cc1cnc2[nH]c(=O)c([C@@H]3O[C@H](COP(=O)(O)OP(=O)(O)OP(=O)(O)O)C(O)[C@@H]3O)cc2n1. The van der Waals surface area contributed by atoms with Crippen LogP contribution in [0.4, 0.5) is 0 Å². The quantitative estimate of drug-likeness (QED) is 0.203. The molecule has 0 aliphatic carbocycles. The maximum Gasteiger partial charge on any atom is 0.490 e. The number of hydrogen-bond donors (Lipinski definition) is 7. The summed E-state index contributed by atoms with van der Waals surface area (Å²) in [6.07, 6.45) is -4.99. The molecule has 0 spiro atoms. The zero-order valence-electron chi connectivity index (χ0n) is 16.4. The number of fused-ring (bicyclic) bond motifs is 1. The summed E-state index contributed by atoms with van der Waals surface area (Å²) in [4.78, 5) is 58.7. The Hall–Kier alpha value is -1.42. The van der Waals surface area contributed by atoms with Gasteiger partial charge in [-0.05, 0) is 13.0 Å². The van der Waals surface area contributed by atoms with Crippen molar-refractivity contribution in [2.75, 3.05) is 6.61 Å². The third-order valence-electron chi connectivity index (χ3n) is 4.19. The standard InChI is InChI=1S/C13H18N3O14P3/c1-5-3-14-12-7(15-5)2-6(13(19)16-12)11-10(18)9(17)8(28-11)4-27-32(23,24)30-33(25,26)29-31(20,21)22/h2-3,8-11,17-18H,4H2,1H3,(H,23,24)(H,25,26)(H,14,16,19)(H2,20,21,22)/t8-,9?,10+,11+/m1/s1. The largest absolute Gasteiger partial charge is 0.490 e. The van der Waals surface area contributed by atoms with Crippen molar-refractivity contribution < 1.29 is 61.4 Å². The van der Waals surface area contributed by atoms with Crippen LogP contribution in [0.2, 0.25) is 0 Å². The Morgan fingerprint density at radius 1 is 1.09 bits per heavy atom. The number of phosphoric ester groups is 1. The Labute approximate surface area is 183 Å². The number of phosphoric acid groups is 3. The summed E-state index contributed by atoms with van der Waals surface area (Å²) in [5.41, 5.74) is 0.0840. The van der Waals surface area contributed by atoms with Gasteiger partial charge in [0.2, 0.25) is 0 Å². The molecule has 2 aromatic heterocycles. The van der Waals surface area contributed by atoms with Gasteiger partial charge in [-0.15, -0.1) is 0 Å². The topological polar surface area (TPSA) is 268 Å². The van der Waals surface area contributed by atoms with E-state index in [9.17, 15) is 33.6 Å². The minimum atomic E-state index is -5.73. The lowest BCUT2D eigenvalue weighted by Gasteiger charge is -2.19. The Bertz CT molecular complexity index is 1250. The molecule has 3 heterocycles. The van der Waals surface area contributed by atoms with Gasteiger partial charge in [0.1, 0.15) is 29.9 Å². The number of aromatic nitrogens is 3. The van der Waals surface area contributed by atoms with Crippen molar-refractivity contribution in [3.05, 3.63) is 33.9 Å². The van der Waals surface area contributed by atoms with Crippen LogP contribution in [0.5, 0.6) is 0 Å². The number of nitrogens with zero attached hydrogens (tertiary/aromatic N) is 2. The second-order valence-electron chi connectivity index (χ2n) is 6.76. The molecule has 0 radical (unpaired) electrons. The number of nitrogens with one attached hydrogen (secondary N) is 1. The number of aliphatic hydroxyl groups is 2. The van der Waals surface area contributed by atoms with E-state index in [2.05, 4.69) is 28.1 Å². The van der Waals surface area contributed by atoms with Crippen LogP contribution in [0.25, 0.3) is 11.2 Å². The van der Waals surface area contributed by atoms with Crippen LogP contribution in [0, 0.1) is 6.92 Å².